The number of ether oxygens (including phenoxy) is 2. The number of benzene rings is 2. The molecule has 0 bridgehead atoms. The highest BCUT2D eigenvalue weighted by molar-refractivity contribution is 9.10. The Labute approximate surface area is 367 Å². The van der Waals surface area contributed by atoms with E-state index in [1.807, 2.05) is 101 Å². The molecule has 0 N–H and O–H groups in total. The molecular formula is C47H69BrN6O6. The molecule has 2 aliphatic carbocycles. The number of amides is 4. The van der Waals surface area contributed by atoms with E-state index in [1.165, 1.54) is 5.69 Å². The first kappa shape index (κ1) is 45.7. The lowest BCUT2D eigenvalue weighted by Crippen LogP contribution is -2.58. The van der Waals surface area contributed by atoms with Crippen LogP contribution in [0.15, 0.2) is 53.0 Å². The average Bonchev–Trinajstić information content (AvgIpc) is 4.12. The van der Waals surface area contributed by atoms with E-state index in [0.717, 1.165) is 67.5 Å². The highest BCUT2D eigenvalue weighted by atomic mass is 79.9. The summed E-state index contributed by atoms with van der Waals surface area (Å²) in [7, 11) is 2.16. The zero-order valence-corrected chi connectivity index (χ0v) is 39.5. The smallest absolute Gasteiger partial charge is 0.410 e. The van der Waals surface area contributed by atoms with Crippen molar-refractivity contribution < 1.29 is 28.7 Å². The summed E-state index contributed by atoms with van der Waals surface area (Å²) in [6.07, 6.45) is 3.17. The highest BCUT2D eigenvalue weighted by Crippen LogP contribution is 2.49. The van der Waals surface area contributed by atoms with E-state index >= 15 is 0 Å². The molecule has 13 heteroatoms. The summed E-state index contributed by atoms with van der Waals surface area (Å²) in [5.41, 5.74) is 1.70. The summed E-state index contributed by atoms with van der Waals surface area (Å²) in [4.78, 5) is 64.6. The van der Waals surface area contributed by atoms with Gasteiger partial charge in [0.05, 0.1) is 12.1 Å². The minimum Gasteiger partial charge on any atom is -0.444 e. The number of likely N-dealkylation sites (N-methyl/N-ethyl adjacent to an activating group) is 1. The summed E-state index contributed by atoms with van der Waals surface area (Å²) in [5.74, 6) is 0.429. The van der Waals surface area contributed by atoms with Crippen molar-refractivity contribution in [2.24, 2.45) is 10.8 Å². The molecular weight excluding hydrogens is 824 g/mol. The SMILES string of the molecule is C[C@@H]1CN(C(=O)OC(C)(C)C)[C@@H](c2ccc(Br)cc2)CN1C(=O)C1(C)CC1.C[C@@H]1CN(C(=O)OC(C)(C)C)[C@@H](c2ccc(N3CCN(C)CC3)cc2)CN1C(=O)C1(C)CC1. The Bertz CT molecular complexity index is 1860. The van der Waals surface area contributed by atoms with E-state index in [9.17, 15) is 19.2 Å². The van der Waals surface area contributed by atoms with Crippen molar-refractivity contribution in [3.05, 3.63) is 64.1 Å². The first-order chi connectivity index (χ1) is 28.0. The maximum Gasteiger partial charge on any atom is 0.410 e. The lowest BCUT2D eigenvalue weighted by Gasteiger charge is -2.46. The van der Waals surface area contributed by atoms with Gasteiger partial charge in [0, 0.05) is 85.4 Å². The summed E-state index contributed by atoms with van der Waals surface area (Å²) in [6.45, 7) is 25.5. The van der Waals surface area contributed by atoms with Crippen molar-refractivity contribution in [3.63, 3.8) is 0 Å². The van der Waals surface area contributed by atoms with Crippen LogP contribution >= 0.6 is 15.9 Å². The normalized spacial score (nSPS) is 25.2. The number of nitrogens with zero attached hydrogens (tertiary/aromatic N) is 6. The Morgan fingerprint density at radius 3 is 1.30 bits per heavy atom. The number of anilines is 1. The second-order valence-corrected chi connectivity index (χ2v) is 21.4. The number of carbonyl (C=O) groups excluding carboxylic acids is 4. The molecule has 3 aliphatic heterocycles. The van der Waals surface area contributed by atoms with Crippen LogP contribution in [0, 0.1) is 10.8 Å². The van der Waals surface area contributed by atoms with Crippen LogP contribution in [0.25, 0.3) is 0 Å². The maximum atomic E-state index is 13.2. The third-order valence-corrected chi connectivity index (χ3v) is 13.2. The van der Waals surface area contributed by atoms with Crippen molar-refractivity contribution in [2.75, 3.05) is 64.3 Å². The van der Waals surface area contributed by atoms with Crippen molar-refractivity contribution in [1.82, 2.24) is 24.5 Å². The zero-order valence-electron chi connectivity index (χ0n) is 37.9. The first-order valence-electron chi connectivity index (χ1n) is 21.9. The maximum absolute atomic E-state index is 13.2. The number of piperazine rings is 3. The second-order valence-electron chi connectivity index (χ2n) is 20.5. The fourth-order valence-corrected chi connectivity index (χ4v) is 8.55. The van der Waals surface area contributed by atoms with Gasteiger partial charge in [0.15, 0.2) is 0 Å². The molecule has 12 nitrogen and oxygen atoms in total. The highest BCUT2D eigenvalue weighted by Gasteiger charge is 2.52. The van der Waals surface area contributed by atoms with Gasteiger partial charge in [0.2, 0.25) is 11.8 Å². The van der Waals surface area contributed by atoms with E-state index in [1.54, 1.807) is 4.90 Å². The van der Waals surface area contributed by atoms with E-state index in [-0.39, 0.29) is 59.0 Å². The zero-order chi connectivity index (χ0) is 43.9. The van der Waals surface area contributed by atoms with Crippen molar-refractivity contribution in [3.8, 4) is 0 Å². The van der Waals surface area contributed by atoms with Gasteiger partial charge in [0.1, 0.15) is 11.2 Å². The summed E-state index contributed by atoms with van der Waals surface area (Å²) in [6, 6.07) is 16.0. The third kappa shape index (κ3) is 11.0. The Morgan fingerprint density at radius 1 is 0.583 bits per heavy atom. The van der Waals surface area contributed by atoms with Crippen LogP contribution in [0.3, 0.4) is 0 Å². The van der Waals surface area contributed by atoms with Gasteiger partial charge < -0.3 is 29.1 Å². The van der Waals surface area contributed by atoms with Crippen LogP contribution in [0.1, 0.15) is 118 Å². The van der Waals surface area contributed by atoms with E-state index in [4.69, 9.17) is 9.47 Å². The number of hydrogen-bond acceptors (Lipinski definition) is 8. The molecule has 330 valence electrons. The fraction of sp³-hybridized carbons (Fsp3) is 0.660. The Balaban J connectivity index is 0.000000205. The topological polar surface area (TPSA) is 106 Å². The molecule has 2 aromatic rings. The average molecular weight is 894 g/mol. The van der Waals surface area contributed by atoms with E-state index in [2.05, 4.69) is 64.0 Å². The van der Waals surface area contributed by atoms with Crippen LogP contribution in [0.4, 0.5) is 15.3 Å². The molecule has 5 fully saturated rings. The summed E-state index contributed by atoms with van der Waals surface area (Å²) in [5, 5.41) is 0. The standard InChI is InChI=1S/C26H40N4O3.C21H29BrN2O3/c1-19-17-30(24(32)33-25(2,3)4)22(18-29(19)23(31)26(5)11-12-26)20-7-9-21(10-8-20)28-15-13-27(6)14-16-28;1-14-12-24(19(26)27-20(2,3)4)17(15-6-8-16(22)9-7-15)13-23(14)18(25)21(5)10-11-21/h7-10,19,22H,11-18H2,1-6H3;6-9,14,17H,10-13H2,1-5H3/t19-,22-;14-,17-/m11/s1. The molecule has 2 aromatic carbocycles. The molecule has 0 radical (unpaired) electrons. The lowest BCUT2D eigenvalue weighted by molar-refractivity contribution is -0.143. The Kier molecular flexibility index (Phi) is 13.3. The van der Waals surface area contributed by atoms with Crippen LogP contribution in [0.2, 0.25) is 0 Å². The molecule has 2 saturated carbocycles. The van der Waals surface area contributed by atoms with E-state index < -0.39 is 11.2 Å². The van der Waals surface area contributed by atoms with Gasteiger partial charge in [-0.05, 0) is 124 Å². The molecule has 3 heterocycles. The van der Waals surface area contributed by atoms with Gasteiger partial charge in [-0.3, -0.25) is 19.4 Å². The second kappa shape index (κ2) is 17.5. The number of carbonyl (C=O) groups is 4. The van der Waals surface area contributed by atoms with Crippen LogP contribution in [0.5, 0.6) is 0 Å². The number of hydrogen-bond donors (Lipinski definition) is 0. The van der Waals surface area contributed by atoms with Crippen molar-refractivity contribution in [2.45, 2.75) is 130 Å². The first-order valence-corrected chi connectivity index (χ1v) is 22.7. The minimum atomic E-state index is -0.565. The molecule has 0 unspecified atom stereocenters. The fourth-order valence-electron chi connectivity index (χ4n) is 8.29. The molecule has 0 spiro atoms. The molecule has 4 atom stereocenters. The molecule has 5 aliphatic rings. The van der Waals surface area contributed by atoms with Crippen molar-refractivity contribution >= 4 is 45.6 Å². The van der Waals surface area contributed by atoms with Crippen LogP contribution < -0.4 is 4.90 Å². The van der Waals surface area contributed by atoms with Gasteiger partial charge in [-0.15, -0.1) is 0 Å². The van der Waals surface area contributed by atoms with Gasteiger partial charge in [-0.1, -0.05) is 54.0 Å². The molecule has 7 rings (SSSR count). The number of halogens is 1. The summed E-state index contributed by atoms with van der Waals surface area (Å²) < 4.78 is 12.4. The molecule has 4 amide bonds. The monoisotopic (exact) mass is 892 g/mol. The van der Waals surface area contributed by atoms with Gasteiger partial charge in [-0.25, -0.2) is 9.59 Å². The number of rotatable bonds is 5. The predicted molar refractivity (Wildman–Crippen MR) is 239 cm³/mol. The Morgan fingerprint density at radius 2 is 0.950 bits per heavy atom. The van der Waals surface area contributed by atoms with Crippen LogP contribution in [-0.2, 0) is 19.1 Å². The predicted octanol–water partition coefficient (Wildman–Crippen LogP) is 8.51. The van der Waals surface area contributed by atoms with Crippen molar-refractivity contribution in [1.29, 1.82) is 0 Å². The van der Waals surface area contributed by atoms with Crippen LogP contribution in [-0.4, -0.2) is 131 Å². The quantitative estimate of drug-likeness (QED) is 0.295. The Hall–Kier alpha value is -3.84. The third-order valence-electron chi connectivity index (χ3n) is 12.7. The largest absolute Gasteiger partial charge is 0.444 e. The minimum absolute atomic E-state index is 0.0332. The van der Waals surface area contributed by atoms with Gasteiger partial charge in [-0.2, -0.15) is 0 Å². The molecule has 3 saturated heterocycles. The molecule has 0 aromatic heterocycles. The molecule has 60 heavy (non-hydrogen) atoms. The lowest BCUT2D eigenvalue weighted by atomic mass is 9.97. The van der Waals surface area contributed by atoms with E-state index in [0.29, 0.717) is 26.2 Å². The summed E-state index contributed by atoms with van der Waals surface area (Å²) >= 11 is 3.46. The van der Waals surface area contributed by atoms with Gasteiger partial charge in [0.25, 0.3) is 0 Å². The van der Waals surface area contributed by atoms with Gasteiger partial charge >= 0.3 is 12.2 Å².